The summed E-state index contributed by atoms with van der Waals surface area (Å²) < 4.78 is 17.9. The van der Waals surface area contributed by atoms with Crippen molar-refractivity contribution in [2.45, 2.75) is 9.92 Å². The lowest BCUT2D eigenvalue weighted by atomic mass is 10.3. The summed E-state index contributed by atoms with van der Waals surface area (Å²) in [6.45, 7) is 0. The Hall–Kier alpha value is -1.62. The third-order valence-corrected chi connectivity index (χ3v) is 2.79. The van der Waals surface area contributed by atoms with Gasteiger partial charge in [-0.15, -0.1) is 0 Å². The van der Waals surface area contributed by atoms with Crippen LogP contribution in [0.25, 0.3) is 0 Å². The maximum Gasteiger partial charge on any atom is 0.217 e. The van der Waals surface area contributed by atoms with E-state index >= 15 is 0 Å². The lowest BCUT2D eigenvalue weighted by molar-refractivity contribution is 0.413. The molecule has 2 aromatic rings. The van der Waals surface area contributed by atoms with Crippen molar-refractivity contribution >= 4 is 11.8 Å². The van der Waals surface area contributed by atoms with Gasteiger partial charge in [0.1, 0.15) is 17.1 Å². The number of benzene rings is 1. The van der Waals surface area contributed by atoms with E-state index in [2.05, 4.69) is 9.97 Å². The standard InChI is InChI=1S/C11H9FN2OS/c1-15-8-3-2-4-9(5-8)16-11-6-10(12)13-7-14-11/h2-7H,1H3. The molecule has 0 N–H and O–H groups in total. The van der Waals surface area contributed by atoms with Crippen LogP contribution in [0.15, 0.2) is 46.6 Å². The quantitative estimate of drug-likeness (QED) is 0.767. The first kappa shape index (κ1) is 10.9. The van der Waals surface area contributed by atoms with E-state index in [0.29, 0.717) is 5.03 Å². The van der Waals surface area contributed by atoms with Crippen LogP contribution in [0.4, 0.5) is 4.39 Å². The van der Waals surface area contributed by atoms with E-state index in [1.807, 2.05) is 24.3 Å². The summed E-state index contributed by atoms with van der Waals surface area (Å²) in [7, 11) is 1.61. The highest BCUT2D eigenvalue weighted by Crippen LogP contribution is 2.28. The Morgan fingerprint density at radius 2 is 2.12 bits per heavy atom. The summed E-state index contributed by atoms with van der Waals surface area (Å²) in [5.41, 5.74) is 0. The van der Waals surface area contributed by atoms with Crippen LogP contribution in [-0.4, -0.2) is 17.1 Å². The Kier molecular flexibility index (Phi) is 3.36. The molecule has 0 saturated heterocycles. The van der Waals surface area contributed by atoms with Gasteiger partial charge >= 0.3 is 0 Å². The molecule has 0 unspecified atom stereocenters. The van der Waals surface area contributed by atoms with Crippen molar-refractivity contribution in [1.29, 1.82) is 0 Å². The van der Waals surface area contributed by atoms with Crippen molar-refractivity contribution in [3.8, 4) is 5.75 Å². The molecule has 0 bridgehead atoms. The van der Waals surface area contributed by atoms with Crippen LogP contribution in [0.1, 0.15) is 0 Å². The minimum atomic E-state index is -0.527. The summed E-state index contributed by atoms with van der Waals surface area (Å²) in [5, 5.41) is 0.570. The van der Waals surface area contributed by atoms with Gasteiger partial charge in [0.25, 0.3) is 0 Å². The molecule has 82 valence electrons. The fraction of sp³-hybridized carbons (Fsp3) is 0.0909. The molecule has 0 aliphatic rings. The number of halogens is 1. The molecule has 0 radical (unpaired) electrons. The number of ether oxygens (including phenoxy) is 1. The monoisotopic (exact) mass is 236 g/mol. The van der Waals surface area contributed by atoms with E-state index in [1.165, 1.54) is 24.2 Å². The van der Waals surface area contributed by atoms with Gasteiger partial charge in [0.15, 0.2) is 0 Å². The van der Waals surface area contributed by atoms with E-state index in [4.69, 9.17) is 4.74 Å². The van der Waals surface area contributed by atoms with Crippen LogP contribution in [0, 0.1) is 5.95 Å². The molecular formula is C11H9FN2OS. The molecule has 1 aromatic heterocycles. The highest BCUT2D eigenvalue weighted by atomic mass is 32.2. The zero-order chi connectivity index (χ0) is 11.4. The van der Waals surface area contributed by atoms with Crippen molar-refractivity contribution in [2.75, 3.05) is 7.11 Å². The summed E-state index contributed by atoms with van der Waals surface area (Å²) in [5.74, 6) is 0.236. The largest absolute Gasteiger partial charge is 0.497 e. The lowest BCUT2D eigenvalue weighted by Gasteiger charge is -2.03. The first-order valence-corrected chi connectivity index (χ1v) is 5.39. The fourth-order valence-corrected chi connectivity index (χ4v) is 1.98. The van der Waals surface area contributed by atoms with E-state index in [1.54, 1.807) is 7.11 Å². The van der Waals surface area contributed by atoms with E-state index in [9.17, 15) is 4.39 Å². The highest BCUT2D eigenvalue weighted by Gasteiger charge is 2.02. The number of rotatable bonds is 3. The lowest BCUT2D eigenvalue weighted by Crippen LogP contribution is -1.87. The Bertz CT molecular complexity index is 493. The minimum absolute atomic E-state index is 0.527. The van der Waals surface area contributed by atoms with Gasteiger partial charge in [-0.05, 0) is 18.2 Å². The molecule has 1 heterocycles. The molecule has 0 fully saturated rings. The molecule has 0 aliphatic heterocycles. The number of methoxy groups -OCH3 is 1. The third-order valence-electron chi connectivity index (χ3n) is 1.87. The highest BCUT2D eigenvalue weighted by molar-refractivity contribution is 7.99. The summed E-state index contributed by atoms with van der Waals surface area (Å²) in [6, 6.07) is 8.80. The molecule has 0 atom stereocenters. The summed E-state index contributed by atoms with van der Waals surface area (Å²) in [4.78, 5) is 8.30. The van der Waals surface area contributed by atoms with Crippen molar-refractivity contribution in [3.63, 3.8) is 0 Å². The summed E-state index contributed by atoms with van der Waals surface area (Å²) >= 11 is 1.36. The zero-order valence-electron chi connectivity index (χ0n) is 8.55. The normalized spacial score (nSPS) is 10.1. The average Bonchev–Trinajstić information content (AvgIpc) is 2.29. The van der Waals surface area contributed by atoms with Crippen molar-refractivity contribution in [1.82, 2.24) is 9.97 Å². The number of hydrogen-bond donors (Lipinski definition) is 0. The smallest absolute Gasteiger partial charge is 0.217 e. The van der Waals surface area contributed by atoms with E-state index in [0.717, 1.165) is 10.6 Å². The van der Waals surface area contributed by atoms with Crippen LogP contribution in [0.2, 0.25) is 0 Å². The van der Waals surface area contributed by atoms with Crippen LogP contribution < -0.4 is 4.74 Å². The Balaban J connectivity index is 2.20. The molecule has 1 aromatic carbocycles. The van der Waals surface area contributed by atoms with Crippen molar-refractivity contribution in [2.24, 2.45) is 0 Å². The second-order valence-corrected chi connectivity index (χ2v) is 4.05. The Labute approximate surface area is 96.7 Å². The fourth-order valence-electron chi connectivity index (χ4n) is 1.16. The average molecular weight is 236 g/mol. The van der Waals surface area contributed by atoms with Gasteiger partial charge in [-0.2, -0.15) is 4.39 Å². The van der Waals surface area contributed by atoms with Crippen LogP contribution in [0.5, 0.6) is 5.75 Å². The van der Waals surface area contributed by atoms with Crippen molar-refractivity contribution in [3.05, 3.63) is 42.6 Å². The molecule has 3 nitrogen and oxygen atoms in total. The Morgan fingerprint density at radius 3 is 2.88 bits per heavy atom. The first-order chi connectivity index (χ1) is 7.78. The second kappa shape index (κ2) is 4.94. The van der Waals surface area contributed by atoms with Gasteiger partial charge in [-0.25, -0.2) is 9.97 Å². The molecule has 0 amide bonds. The van der Waals surface area contributed by atoms with E-state index < -0.39 is 5.95 Å². The topological polar surface area (TPSA) is 35.0 Å². The molecular weight excluding hydrogens is 227 g/mol. The van der Waals surface area contributed by atoms with Gasteiger partial charge in [-0.1, -0.05) is 17.8 Å². The van der Waals surface area contributed by atoms with Crippen LogP contribution >= 0.6 is 11.8 Å². The molecule has 5 heteroatoms. The SMILES string of the molecule is COc1cccc(Sc2cc(F)ncn2)c1. The number of aromatic nitrogens is 2. The number of nitrogens with zero attached hydrogens (tertiary/aromatic N) is 2. The maximum absolute atomic E-state index is 12.8. The van der Waals surface area contributed by atoms with Gasteiger partial charge in [0.2, 0.25) is 5.95 Å². The molecule has 16 heavy (non-hydrogen) atoms. The molecule has 0 spiro atoms. The second-order valence-electron chi connectivity index (χ2n) is 2.96. The van der Waals surface area contributed by atoms with Gasteiger partial charge < -0.3 is 4.74 Å². The maximum atomic E-state index is 12.8. The van der Waals surface area contributed by atoms with Crippen LogP contribution in [-0.2, 0) is 0 Å². The predicted molar refractivity (Wildman–Crippen MR) is 59.1 cm³/mol. The molecule has 2 rings (SSSR count). The minimum Gasteiger partial charge on any atom is -0.497 e. The number of hydrogen-bond acceptors (Lipinski definition) is 4. The van der Waals surface area contributed by atoms with Crippen LogP contribution in [0.3, 0.4) is 0 Å². The van der Waals surface area contributed by atoms with Gasteiger partial charge in [0.05, 0.1) is 7.11 Å². The first-order valence-electron chi connectivity index (χ1n) is 4.57. The van der Waals surface area contributed by atoms with Crippen molar-refractivity contribution < 1.29 is 9.13 Å². The summed E-state index contributed by atoms with van der Waals surface area (Å²) in [6.07, 6.45) is 1.21. The zero-order valence-corrected chi connectivity index (χ0v) is 9.37. The third kappa shape index (κ3) is 2.70. The van der Waals surface area contributed by atoms with Gasteiger partial charge in [0, 0.05) is 11.0 Å². The van der Waals surface area contributed by atoms with Gasteiger partial charge in [-0.3, -0.25) is 0 Å². The molecule has 0 aliphatic carbocycles. The Morgan fingerprint density at radius 1 is 1.25 bits per heavy atom. The predicted octanol–water partition coefficient (Wildman–Crippen LogP) is 2.78. The van der Waals surface area contributed by atoms with E-state index in [-0.39, 0.29) is 0 Å². The molecule has 0 saturated carbocycles.